The summed E-state index contributed by atoms with van der Waals surface area (Å²) in [7, 11) is 0. The second kappa shape index (κ2) is 16.8. The maximum absolute atomic E-state index is 13.1. The highest BCUT2D eigenvalue weighted by Gasteiger charge is 2.22. The van der Waals surface area contributed by atoms with E-state index in [1.807, 2.05) is 86.6 Å². The van der Waals surface area contributed by atoms with E-state index in [1.165, 1.54) is 5.06 Å². The van der Waals surface area contributed by atoms with Gasteiger partial charge in [-0.25, -0.2) is 5.06 Å². The topological polar surface area (TPSA) is 97.0 Å². The second-order valence-corrected chi connectivity index (χ2v) is 10.2. The van der Waals surface area contributed by atoms with E-state index in [4.69, 9.17) is 9.57 Å². The van der Waals surface area contributed by atoms with Gasteiger partial charge in [0.25, 0.3) is 5.91 Å². The van der Waals surface area contributed by atoms with Gasteiger partial charge in [-0.3, -0.25) is 19.2 Å². The average molecular weight is 560 g/mol. The van der Waals surface area contributed by atoms with Crippen molar-refractivity contribution in [1.29, 1.82) is 0 Å². The minimum atomic E-state index is -0.469. The smallest absolute Gasteiger partial charge is 0.252 e. The fraction of sp³-hybridized carbons (Fsp3) is 0.364. The minimum absolute atomic E-state index is 0.0319. The third kappa shape index (κ3) is 10.7. The summed E-state index contributed by atoms with van der Waals surface area (Å²) in [5.41, 5.74) is 3.23. The standard InChI is InChI=1S/C33H41N3O5/c1-4-5-7-14-30(21-36(24-37)40-22-26-12-8-6-9-13-26)33(39)35-23-34-32(38)29-17-10-15-27(19-29)28-16-11-18-31(20-28)41-25(2)3/h6,8-13,15-20,24-25,30H,4-5,7,14,21-23H2,1-3H3,(H,34,38)(H,35,39)/t30-/m1/s1. The molecule has 3 amide bonds. The minimum Gasteiger partial charge on any atom is -0.491 e. The van der Waals surface area contributed by atoms with Crippen LogP contribution in [0.3, 0.4) is 0 Å². The lowest BCUT2D eigenvalue weighted by Gasteiger charge is -2.23. The predicted molar refractivity (Wildman–Crippen MR) is 160 cm³/mol. The molecule has 0 aromatic heterocycles. The number of benzene rings is 3. The highest BCUT2D eigenvalue weighted by atomic mass is 16.7. The molecule has 3 aromatic carbocycles. The first-order valence-corrected chi connectivity index (χ1v) is 14.2. The lowest BCUT2D eigenvalue weighted by Crippen LogP contribution is -2.43. The van der Waals surface area contributed by atoms with Gasteiger partial charge in [-0.1, -0.05) is 80.8 Å². The molecule has 0 aliphatic rings. The van der Waals surface area contributed by atoms with Crippen molar-refractivity contribution >= 4 is 18.2 Å². The Labute approximate surface area is 243 Å². The number of hydroxylamine groups is 2. The van der Waals surface area contributed by atoms with Crippen LogP contribution < -0.4 is 15.4 Å². The van der Waals surface area contributed by atoms with E-state index in [2.05, 4.69) is 17.6 Å². The molecule has 0 spiro atoms. The Morgan fingerprint density at radius 1 is 0.902 bits per heavy atom. The van der Waals surface area contributed by atoms with Crippen LogP contribution in [0.15, 0.2) is 78.9 Å². The molecule has 0 radical (unpaired) electrons. The number of carbonyl (C=O) groups is 3. The maximum atomic E-state index is 13.1. The largest absolute Gasteiger partial charge is 0.491 e. The van der Waals surface area contributed by atoms with E-state index in [1.54, 1.807) is 6.07 Å². The van der Waals surface area contributed by atoms with Crippen molar-refractivity contribution in [1.82, 2.24) is 15.7 Å². The number of ether oxygens (including phenoxy) is 1. The molecule has 3 aromatic rings. The maximum Gasteiger partial charge on any atom is 0.252 e. The Morgan fingerprint density at radius 2 is 1.63 bits per heavy atom. The van der Waals surface area contributed by atoms with Crippen molar-refractivity contribution in [3.8, 4) is 16.9 Å². The van der Waals surface area contributed by atoms with E-state index in [0.29, 0.717) is 18.4 Å². The summed E-state index contributed by atoms with van der Waals surface area (Å²) in [6.45, 7) is 6.37. The van der Waals surface area contributed by atoms with Gasteiger partial charge in [0.05, 0.1) is 25.2 Å². The van der Waals surface area contributed by atoms with Gasteiger partial charge in [0.15, 0.2) is 0 Å². The van der Waals surface area contributed by atoms with Gasteiger partial charge in [-0.15, -0.1) is 0 Å². The molecule has 218 valence electrons. The SMILES string of the molecule is CCCCC[C@H](CN(C=O)OCc1ccccc1)C(=O)NCNC(=O)c1cccc(-c2cccc(OC(C)C)c2)c1. The number of amides is 3. The van der Waals surface area contributed by atoms with Gasteiger partial charge in [-0.05, 0) is 61.2 Å². The number of hydrogen-bond donors (Lipinski definition) is 2. The molecule has 0 unspecified atom stereocenters. The normalized spacial score (nSPS) is 11.5. The lowest BCUT2D eigenvalue weighted by atomic mass is 10.00. The fourth-order valence-corrected chi connectivity index (χ4v) is 4.34. The van der Waals surface area contributed by atoms with Crippen LogP contribution in [0.25, 0.3) is 11.1 Å². The van der Waals surface area contributed by atoms with Crippen molar-refractivity contribution in [2.45, 2.75) is 59.2 Å². The van der Waals surface area contributed by atoms with E-state index in [0.717, 1.165) is 41.7 Å². The van der Waals surface area contributed by atoms with E-state index >= 15 is 0 Å². The Bertz CT molecular complexity index is 1250. The number of unbranched alkanes of at least 4 members (excludes halogenated alkanes) is 2. The molecule has 0 aliphatic heterocycles. The molecular weight excluding hydrogens is 518 g/mol. The fourth-order valence-electron chi connectivity index (χ4n) is 4.34. The second-order valence-electron chi connectivity index (χ2n) is 10.2. The first kappa shape index (κ1) is 31.4. The van der Waals surface area contributed by atoms with Gasteiger partial charge < -0.3 is 15.4 Å². The van der Waals surface area contributed by atoms with Crippen LogP contribution in [-0.2, 0) is 21.0 Å². The first-order chi connectivity index (χ1) is 19.9. The third-order valence-corrected chi connectivity index (χ3v) is 6.46. The first-order valence-electron chi connectivity index (χ1n) is 14.2. The highest BCUT2D eigenvalue weighted by Crippen LogP contribution is 2.25. The summed E-state index contributed by atoms with van der Waals surface area (Å²) in [4.78, 5) is 43.3. The molecule has 0 heterocycles. The van der Waals surface area contributed by atoms with Crippen LogP contribution >= 0.6 is 0 Å². The summed E-state index contributed by atoms with van der Waals surface area (Å²) in [5, 5.41) is 6.75. The number of carbonyl (C=O) groups excluding carboxylic acids is 3. The van der Waals surface area contributed by atoms with Gasteiger partial charge in [0.2, 0.25) is 12.3 Å². The van der Waals surface area contributed by atoms with Crippen LogP contribution in [0.1, 0.15) is 62.4 Å². The van der Waals surface area contributed by atoms with Crippen LogP contribution in [0.2, 0.25) is 0 Å². The van der Waals surface area contributed by atoms with E-state index in [9.17, 15) is 14.4 Å². The Kier molecular flexibility index (Phi) is 12.9. The van der Waals surface area contributed by atoms with Crippen LogP contribution in [0.5, 0.6) is 5.75 Å². The zero-order chi connectivity index (χ0) is 29.5. The van der Waals surface area contributed by atoms with Crippen LogP contribution in [-0.4, -0.2) is 42.6 Å². The number of nitrogens with one attached hydrogen (secondary N) is 2. The predicted octanol–water partition coefficient (Wildman–Crippen LogP) is 5.73. The molecule has 8 heteroatoms. The number of rotatable bonds is 17. The van der Waals surface area contributed by atoms with Crippen molar-refractivity contribution in [2.24, 2.45) is 5.92 Å². The Morgan fingerprint density at radius 3 is 2.34 bits per heavy atom. The summed E-state index contributed by atoms with van der Waals surface area (Å²) in [6, 6.07) is 24.6. The zero-order valence-corrected chi connectivity index (χ0v) is 24.2. The summed E-state index contributed by atoms with van der Waals surface area (Å²) in [6.07, 6.45) is 4.11. The Hall–Kier alpha value is -4.17. The molecule has 0 saturated heterocycles. The molecule has 0 bridgehead atoms. The van der Waals surface area contributed by atoms with Crippen molar-refractivity contribution in [3.05, 3.63) is 90.0 Å². The molecule has 0 aliphatic carbocycles. The molecule has 1 atom stereocenters. The van der Waals surface area contributed by atoms with Crippen molar-refractivity contribution in [3.63, 3.8) is 0 Å². The van der Waals surface area contributed by atoms with Crippen molar-refractivity contribution < 1.29 is 24.0 Å². The highest BCUT2D eigenvalue weighted by molar-refractivity contribution is 5.95. The summed E-state index contributed by atoms with van der Waals surface area (Å²) in [5.74, 6) is -0.248. The lowest BCUT2D eigenvalue weighted by molar-refractivity contribution is -0.182. The number of hydrogen-bond acceptors (Lipinski definition) is 5. The van der Waals surface area contributed by atoms with Crippen LogP contribution in [0, 0.1) is 5.92 Å². The summed E-state index contributed by atoms with van der Waals surface area (Å²) < 4.78 is 5.79. The van der Waals surface area contributed by atoms with Gasteiger partial charge >= 0.3 is 0 Å². The monoisotopic (exact) mass is 559 g/mol. The van der Waals surface area contributed by atoms with Gasteiger partial charge in [0, 0.05) is 5.56 Å². The molecular formula is C33H41N3O5. The van der Waals surface area contributed by atoms with E-state index in [-0.39, 0.29) is 37.7 Å². The van der Waals surface area contributed by atoms with Crippen LogP contribution in [0.4, 0.5) is 0 Å². The zero-order valence-electron chi connectivity index (χ0n) is 24.2. The molecule has 41 heavy (non-hydrogen) atoms. The summed E-state index contributed by atoms with van der Waals surface area (Å²) >= 11 is 0. The molecule has 0 fully saturated rings. The molecule has 8 nitrogen and oxygen atoms in total. The van der Waals surface area contributed by atoms with Gasteiger partial charge in [0.1, 0.15) is 12.4 Å². The third-order valence-electron chi connectivity index (χ3n) is 6.46. The Balaban J connectivity index is 1.56. The van der Waals surface area contributed by atoms with Crippen molar-refractivity contribution in [2.75, 3.05) is 13.2 Å². The quantitative estimate of drug-likeness (QED) is 0.0953. The van der Waals surface area contributed by atoms with E-state index < -0.39 is 5.92 Å². The molecule has 0 saturated carbocycles. The molecule has 3 rings (SSSR count). The van der Waals surface area contributed by atoms with Gasteiger partial charge in [-0.2, -0.15) is 0 Å². The number of nitrogens with zero attached hydrogens (tertiary/aromatic N) is 1. The average Bonchev–Trinajstić information content (AvgIpc) is 2.98. The molecule has 2 N–H and O–H groups in total.